The lowest BCUT2D eigenvalue weighted by Gasteiger charge is -2.39. The summed E-state index contributed by atoms with van der Waals surface area (Å²) in [5.41, 5.74) is 2.24. The van der Waals surface area contributed by atoms with E-state index in [-0.39, 0.29) is 0 Å². The van der Waals surface area contributed by atoms with Gasteiger partial charge in [-0.2, -0.15) is 0 Å². The molecule has 4 nitrogen and oxygen atoms in total. The third-order valence-electron chi connectivity index (χ3n) is 6.07. The zero-order valence-electron chi connectivity index (χ0n) is 16.9. The Morgan fingerprint density at radius 2 is 1.66 bits per heavy atom. The van der Waals surface area contributed by atoms with Crippen LogP contribution in [-0.2, 0) is 22.9 Å². The van der Waals surface area contributed by atoms with E-state index in [1.165, 1.54) is 24.7 Å². The van der Waals surface area contributed by atoms with Gasteiger partial charge in [0.2, 0.25) is 0 Å². The number of sulfone groups is 1. The molecule has 29 heavy (non-hydrogen) atoms. The van der Waals surface area contributed by atoms with E-state index in [2.05, 4.69) is 40.1 Å². The van der Waals surface area contributed by atoms with E-state index in [0.29, 0.717) is 28.5 Å². The fourth-order valence-corrected chi connectivity index (χ4v) is 5.60. The van der Waals surface area contributed by atoms with Crippen molar-refractivity contribution < 1.29 is 8.42 Å². The maximum absolute atomic E-state index is 12.3. The van der Waals surface area contributed by atoms with Crippen molar-refractivity contribution in [1.29, 1.82) is 0 Å². The van der Waals surface area contributed by atoms with Crippen LogP contribution < -0.4 is 0 Å². The summed E-state index contributed by atoms with van der Waals surface area (Å²) >= 11 is 6.08. The molecular weight excluding hydrogens is 404 g/mol. The summed E-state index contributed by atoms with van der Waals surface area (Å²) in [6.07, 6.45) is 5.96. The van der Waals surface area contributed by atoms with Gasteiger partial charge in [0.1, 0.15) is 0 Å². The largest absolute Gasteiger partial charge is 0.299 e. The molecule has 0 radical (unpaired) electrons. The minimum Gasteiger partial charge on any atom is -0.299 e. The molecule has 1 saturated heterocycles. The second kappa shape index (κ2) is 8.76. The molecule has 0 spiro atoms. The van der Waals surface area contributed by atoms with Crippen LogP contribution >= 0.6 is 11.6 Å². The first-order valence-corrected chi connectivity index (χ1v) is 12.7. The Morgan fingerprint density at radius 3 is 2.28 bits per heavy atom. The summed E-state index contributed by atoms with van der Waals surface area (Å²) in [6, 6.07) is 17.0. The zero-order chi connectivity index (χ0) is 20.4. The summed E-state index contributed by atoms with van der Waals surface area (Å²) in [5, 5.41) is 0.473. The topological polar surface area (TPSA) is 40.6 Å². The molecule has 4 rings (SSSR count). The summed E-state index contributed by atoms with van der Waals surface area (Å²) in [7, 11) is -3.30. The van der Waals surface area contributed by atoms with E-state index in [9.17, 15) is 8.42 Å². The molecule has 2 fully saturated rings. The van der Waals surface area contributed by atoms with Gasteiger partial charge in [-0.25, -0.2) is 8.42 Å². The Morgan fingerprint density at radius 1 is 1.00 bits per heavy atom. The highest BCUT2D eigenvalue weighted by Gasteiger charge is 2.36. The third kappa shape index (κ3) is 5.40. The van der Waals surface area contributed by atoms with Gasteiger partial charge in [0, 0.05) is 36.5 Å². The van der Waals surface area contributed by atoms with Crippen LogP contribution in [0.15, 0.2) is 53.4 Å². The molecule has 0 atom stereocenters. The predicted molar refractivity (Wildman–Crippen MR) is 118 cm³/mol. The van der Waals surface area contributed by atoms with Crippen LogP contribution in [0.3, 0.4) is 0 Å². The first kappa shape index (κ1) is 20.9. The average molecular weight is 433 g/mol. The Hall–Kier alpha value is -1.40. The van der Waals surface area contributed by atoms with E-state index < -0.39 is 9.84 Å². The van der Waals surface area contributed by atoms with E-state index in [1.54, 1.807) is 12.1 Å². The highest BCUT2D eigenvalue weighted by molar-refractivity contribution is 7.90. The molecule has 2 aliphatic rings. The van der Waals surface area contributed by atoms with E-state index in [0.717, 1.165) is 38.0 Å². The lowest BCUT2D eigenvalue weighted by atomic mass is 10.0. The lowest BCUT2D eigenvalue weighted by molar-refractivity contribution is 0.0922. The van der Waals surface area contributed by atoms with Gasteiger partial charge in [-0.1, -0.05) is 48.0 Å². The van der Waals surface area contributed by atoms with Gasteiger partial charge in [0.05, 0.1) is 4.90 Å². The first-order valence-electron chi connectivity index (χ1n) is 10.4. The Balaban J connectivity index is 1.44. The smallest absolute Gasteiger partial charge is 0.175 e. The SMILES string of the molecule is CS(=O)(=O)c1cc(Cl)ccc1CN(C1CC1)C1CCN(Cc2ccccc2)CC1. The number of hydrogen-bond acceptors (Lipinski definition) is 4. The monoisotopic (exact) mass is 432 g/mol. The number of nitrogens with zero attached hydrogens (tertiary/aromatic N) is 2. The Labute approximate surface area is 179 Å². The van der Waals surface area contributed by atoms with Crippen molar-refractivity contribution in [3.63, 3.8) is 0 Å². The van der Waals surface area contributed by atoms with Gasteiger partial charge < -0.3 is 0 Å². The molecule has 0 unspecified atom stereocenters. The number of hydrogen-bond donors (Lipinski definition) is 0. The molecular formula is C23H29ClN2O2S. The van der Waals surface area contributed by atoms with Crippen LogP contribution in [0, 0.1) is 0 Å². The van der Waals surface area contributed by atoms with Gasteiger partial charge in [0.25, 0.3) is 0 Å². The minimum atomic E-state index is -3.30. The van der Waals surface area contributed by atoms with Gasteiger partial charge >= 0.3 is 0 Å². The molecule has 0 bridgehead atoms. The summed E-state index contributed by atoms with van der Waals surface area (Å²) < 4.78 is 24.6. The molecule has 6 heteroatoms. The second-order valence-corrected chi connectivity index (χ2v) is 10.8. The van der Waals surface area contributed by atoms with Crippen molar-refractivity contribution in [2.75, 3.05) is 19.3 Å². The van der Waals surface area contributed by atoms with Crippen molar-refractivity contribution in [3.05, 3.63) is 64.7 Å². The van der Waals surface area contributed by atoms with E-state index in [4.69, 9.17) is 11.6 Å². The quantitative estimate of drug-likeness (QED) is 0.651. The highest BCUT2D eigenvalue weighted by Crippen LogP contribution is 2.35. The molecule has 0 amide bonds. The van der Waals surface area contributed by atoms with Crippen molar-refractivity contribution in [2.24, 2.45) is 0 Å². The average Bonchev–Trinajstić information content (AvgIpc) is 3.53. The van der Waals surface area contributed by atoms with Crippen molar-refractivity contribution in [2.45, 2.75) is 55.8 Å². The Bertz CT molecular complexity index is 937. The molecule has 156 valence electrons. The summed E-state index contributed by atoms with van der Waals surface area (Å²) in [6.45, 7) is 3.87. The number of likely N-dealkylation sites (tertiary alicyclic amines) is 1. The van der Waals surface area contributed by atoms with Crippen LogP contribution in [0.25, 0.3) is 0 Å². The molecule has 2 aromatic carbocycles. The normalized spacial score (nSPS) is 19.0. The van der Waals surface area contributed by atoms with E-state index in [1.807, 2.05) is 6.07 Å². The number of halogens is 1. The van der Waals surface area contributed by atoms with Crippen molar-refractivity contribution >= 4 is 21.4 Å². The van der Waals surface area contributed by atoms with Crippen LogP contribution in [-0.4, -0.2) is 49.6 Å². The fourth-order valence-electron chi connectivity index (χ4n) is 4.41. The van der Waals surface area contributed by atoms with Crippen molar-refractivity contribution in [1.82, 2.24) is 9.80 Å². The maximum atomic E-state index is 12.3. The number of rotatable bonds is 7. The van der Waals surface area contributed by atoms with Gasteiger partial charge in [-0.3, -0.25) is 9.80 Å². The molecule has 1 saturated carbocycles. The van der Waals surface area contributed by atoms with Crippen LogP contribution in [0.4, 0.5) is 0 Å². The minimum absolute atomic E-state index is 0.372. The fraction of sp³-hybridized carbons (Fsp3) is 0.478. The maximum Gasteiger partial charge on any atom is 0.175 e. The summed E-state index contributed by atoms with van der Waals surface area (Å²) in [5.74, 6) is 0. The van der Waals surface area contributed by atoms with Gasteiger partial charge in [-0.05, 0) is 62.0 Å². The van der Waals surface area contributed by atoms with Gasteiger partial charge in [0.15, 0.2) is 9.84 Å². The first-order chi connectivity index (χ1) is 13.9. The van der Waals surface area contributed by atoms with E-state index >= 15 is 0 Å². The molecule has 0 aromatic heterocycles. The second-order valence-electron chi connectivity index (χ2n) is 8.42. The van der Waals surface area contributed by atoms with Gasteiger partial charge in [-0.15, -0.1) is 0 Å². The lowest BCUT2D eigenvalue weighted by Crippen LogP contribution is -2.45. The molecule has 1 aliphatic heterocycles. The summed E-state index contributed by atoms with van der Waals surface area (Å²) in [4.78, 5) is 5.45. The number of piperidine rings is 1. The van der Waals surface area contributed by atoms with Crippen molar-refractivity contribution in [3.8, 4) is 0 Å². The zero-order valence-corrected chi connectivity index (χ0v) is 18.5. The highest BCUT2D eigenvalue weighted by atomic mass is 35.5. The predicted octanol–water partition coefficient (Wildman–Crippen LogP) is 4.37. The standard InChI is InChI=1S/C23H29ClN2O2S/c1-29(27,28)23-15-20(24)8-7-19(23)17-26(21-9-10-21)22-11-13-25(14-12-22)16-18-5-3-2-4-6-18/h2-8,15,21-22H,9-14,16-17H2,1H3. The van der Waals surface area contributed by atoms with Crippen LogP contribution in [0.5, 0.6) is 0 Å². The Kier molecular flexibility index (Phi) is 6.30. The molecule has 2 aromatic rings. The van der Waals surface area contributed by atoms with Crippen LogP contribution in [0.2, 0.25) is 5.02 Å². The van der Waals surface area contributed by atoms with Crippen LogP contribution in [0.1, 0.15) is 36.8 Å². The molecule has 0 N–H and O–H groups in total. The number of benzene rings is 2. The molecule has 1 heterocycles. The molecule has 1 aliphatic carbocycles. The third-order valence-corrected chi connectivity index (χ3v) is 7.49.